The van der Waals surface area contributed by atoms with Crippen molar-refractivity contribution >= 4 is 11.8 Å². The van der Waals surface area contributed by atoms with Crippen LogP contribution in [0.25, 0.3) is 0 Å². The van der Waals surface area contributed by atoms with Crippen LogP contribution in [0.5, 0.6) is 0 Å². The Balaban J connectivity index is 1.44. The summed E-state index contributed by atoms with van der Waals surface area (Å²) in [7, 11) is 0. The predicted molar refractivity (Wildman–Crippen MR) is 105 cm³/mol. The summed E-state index contributed by atoms with van der Waals surface area (Å²) in [5.74, 6) is 1.07. The smallest absolute Gasteiger partial charge is 0.239 e. The number of likely N-dealkylation sites (tertiary alicyclic amines) is 2. The van der Waals surface area contributed by atoms with E-state index in [-0.39, 0.29) is 23.9 Å². The van der Waals surface area contributed by atoms with Crippen LogP contribution in [0, 0.1) is 0 Å². The Morgan fingerprint density at radius 3 is 2.64 bits per heavy atom. The molecule has 2 amide bonds. The Hall–Kier alpha value is -2.02. The fraction of sp³-hybridized carbons (Fsp3) is 0.714. The van der Waals surface area contributed by atoms with Gasteiger partial charge < -0.3 is 9.80 Å². The summed E-state index contributed by atoms with van der Waals surface area (Å²) in [6, 6.07) is -0.0498. The van der Waals surface area contributed by atoms with Gasteiger partial charge in [0.05, 0.1) is 17.8 Å². The molecule has 0 spiro atoms. The Bertz CT molecular complexity index is 746. The number of aromatic nitrogens is 2. The molecule has 152 valence electrons. The summed E-state index contributed by atoms with van der Waals surface area (Å²) in [4.78, 5) is 40.4. The van der Waals surface area contributed by atoms with Crippen molar-refractivity contribution in [2.45, 2.75) is 71.0 Å². The van der Waals surface area contributed by atoms with Gasteiger partial charge in [-0.15, -0.1) is 0 Å². The molecule has 0 aliphatic carbocycles. The first-order valence-corrected chi connectivity index (χ1v) is 10.7. The Morgan fingerprint density at radius 2 is 1.89 bits per heavy atom. The maximum absolute atomic E-state index is 13.0. The molecule has 28 heavy (non-hydrogen) atoms. The van der Waals surface area contributed by atoms with Gasteiger partial charge in [-0.25, -0.2) is 9.97 Å². The third-order valence-electron chi connectivity index (χ3n) is 6.52. The van der Waals surface area contributed by atoms with E-state index in [0.29, 0.717) is 13.1 Å². The Labute approximate surface area is 167 Å². The molecule has 4 heterocycles. The average Bonchev–Trinajstić information content (AvgIpc) is 3.23. The lowest BCUT2D eigenvalue weighted by Crippen LogP contribution is -2.50. The molecule has 7 nitrogen and oxygen atoms in total. The minimum absolute atomic E-state index is 0.00147. The van der Waals surface area contributed by atoms with E-state index >= 15 is 0 Å². The molecule has 0 unspecified atom stereocenters. The first-order valence-electron chi connectivity index (χ1n) is 10.7. The predicted octanol–water partition coefficient (Wildman–Crippen LogP) is 1.92. The van der Waals surface area contributed by atoms with Crippen LogP contribution < -0.4 is 0 Å². The number of carbonyl (C=O) groups is 2. The van der Waals surface area contributed by atoms with E-state index in [2.05, 4.69) is 9.88 Å². The molecular weight excluding hydrogens is 354 g/mol. The summed E-state index contributed by atoms with van der Waals surface area (Å²) in [6.45, 7) is 7.80. The second-order valence-corrected chi connectivity index (χ2v) is 8.35. The zero-order valence-corrected chi connectivity index (χ0v) is 17.1. The molecular formula is C21H31N5O2. The molecule has 2 saturated heterocycles. The quantitative estimate of drug-likeness (QED) is 0.795. The fourth-order valence-electron chi connectivity index (χ4n) is 4.82. The summed E-state index contributed by atoms with van der Waals surface area (Å²) in [5.41, 5.74) is 2.08. The van der Waals surface area contributed by atoms with E-state index in [9.17, 15) is 9.59 Å². The van der Waals surface area contributed by atoms with Crippen LogP contribution in [0.2, 0.25) is 0 Å². The molecule has 0 aromatic carbocycles. The highest BCUT2D eigenvalue weighted by Gasteiger charge is 2.33. The van der Waals surface area contributed by atoms with Crippen molar-refractivity contribution in [2.75, 3.05) is 26.2 Å². The summed E-state index contributed by atoms with van der Waals surface area (Å²) >= 11 is 0. The molecule has 0 bridgehead atoms. The number of piperidine rings is 1. The van der Waals surface area contributed by atoms with Gasteiger partial charge in [-0.2, -0.15) is 0 Å². The SMILES string of the molecule is CC(=O)N1CCC[C@H]1c1ncc2c(n1)CCN(C(=O)[C@H](C)N1CCCCC1)C2. The van der Waals surface area contributed by atoms with Crippen LogP contribution in [0.4, 0.5) is 0 Å². The molecule has 2 atom stereocenters. The molecule has 3 aliphatic rings. The van der Waals surface area contributed by atoms with Crippen LogP contribution in [-0.2, 0) is 22.6 Å². The van der Waals surface area contributed by atoms with Gasteiger partial charge in [-0.1, -0.05) is 6.42 Å². The molecule has 0 N–H and O–H groups in total. The van der Waals surface area contributed by atoms with Crippen molar-refractivity contribution in [1.82, 2.24) is 24.7 Å². The molecule has 1 aromatic rings. The molecule has 0 saturated carbocycles. The van der Waals surface area contributed by atoms with Gasteiger partial charge in [0, 0.05) is 44.7 Å². The maximum atomic E-state index is 13.0. The summed E-state index contributed by atoms with van der Waals surface area (Å²) in [5, 5.41) is 0. The van der Waals surface area contributed by atoms with Gasteiger partial charge in [0.25, 0.3) is 0 Å². The third-order valence-corrected chi connectivity index (χ3v) is 6.52. The van der Waals surface area contributed by atoms with E-state index in [1.54, 1.807) is 6.92 Å². The molecule has 4 rings (SSSR count). The summed E-state index contributed by atoms with van der Waals surface area (Å²) < 4.78 is 0. The summed E-state index contributed by atoms with van der Waals surface area (Å²) in [6.07, 6.45) is 8.22. The molecule has 3 aliphatic heterocycles. The van der Waals surface area contributed by atoms with E-state index in [4.69, 9.17) is 4.98 Å². The second-order valence-electron chi connectivity index (χ2n) is 8.35. The second kappa shape index (κ2) is 8.15. The topological polar surface area (TPSA) is 69.6 Å². The number of carbonyl (C=O) groups excluding carboxylic acids is 2. The zero-order valence-electron chi connectivity index (χ0n) is 17.1. The van der Waals surface area contributed by atoms with Crippen LogP contribution in [0.1, 0.15) is 69.1 Å². The van der Waals surface area contributed by atoms with Crippen molar-refractivity contribution in [3.05, 3.63) is 23.3 Å². The van der Waals surface area contributed by atoms with Crippen LogP contribution in [0.15, 0.2) is 6.20 Å². The Morgan fingerprint density at radius 1 is 1.11 bits per heavy atom. The minimum atomic E-state index is -0.0512. The van der Waals surface area contributed by atoms with Crippen molar-refractivity contribution in [2.24, 2.45) is 0 Å². The van der Waals surface area contributed by atoms with Crippen LogP contribution in [0.3, 0.4) is 0 Å². The first-order chi connectivity index (χ1) is 13.5. The standard InChI is InChI=1S/C21H31N5O2/c1-15(24-9-4-3-5-10-24)21(28)25-12-8-18-17(14-25)13-22-20(23-18)19-7-6-11-26(19)16(2)27/h13,15,19H,3-12,14H2,1-2H3/t15-,19-/m0/s1. The van der Waals surface area contributed by atoms with E-state index in [1.807, 2.05) is 22.9 Å². The van der Waals surface area contributed by atoms with E-state index in [1.165, 1.54) is 19.3 Å². The van der Waals surface area contributed by atoms with Gasteiger partial charge in [0.2, 0.25) is 11.8 Å². The number of rotatable bonds is 3. The number of amides is 2. The number of nitrogens with zero attached hydrogens (tertiary/aromatic N) is 5. The molecule has 1 aromatic heterocycles. The zero-order chi connectivity index (χ0) is 19.7. The Kier molecular flexibility index (Phi) is 5.62. The largest absolute Gasteiger partial charge is 0.336 e. The molecule has 0 radical (unpaired) electrons. The van der Waals surface area contributed by atoms with Crippen molar-refractivity contribution in [1.29, 1.82) is 0 Å². The highest BCUT2D eigenvalue weighted by molar-refractivity contribution is 5.81. The van der Waals surface area contributed by atoms with Crippen LogP contribution in [-0.4, -0.2) is 68.7 Å². The third kappa shape index (κ3) is 3.77. The first kappa shape index (κ1) is 19.3. The minimum Gasteiger partial charge on any atom is -0.336 e. The van der Waals surface area contributed by atoms with Gasteiger partial charge in [0.1, 0.15) is 0 Å². The number of hydrogen-bond donors (Lipinski definition) is 0. The van der Waals surface area contributed by atoms with Crippen molar-refractivity contribution < 1.29 is 9.59 Å². The lowest BCUT2D eigenvalue weighted by molar-refractivity contribution is -0.137. The average molecular weight is 386 g/mol. The van der Waals surface area contributed by atoms with Crippen LogP contribution >= 0.6 is 0 Å². The highest BCUT2D eigenvalue weighted by atomic mass is 16.2. The van der Waals surface area contributed by atoms with E-state index < -0.39 is 0 Å². The molecule has 2 fully saturated rings. The normalized spacial score (nSPS) is 24.1. The van der Waals surface area contributed by atoms with Crippen molar-refractivity contribution in [3.63, 3.8) is 0 Å². The van der Waals surface area contributed by atoms with Gasteiger partial charge >= 0.3 is 0 Å². The number of hydrogen-bond acceptors (Lipinski definition) is 5. The highest BCUT2D eigenvalue weighted by Crippen LogP contribution is 2.31. The van der Waals surface area contributed by atoms with Gasteiger partial charge in [0.15, 0.2) is 5.82 Å². The van der Waals surface area contributed by atoms with E-state index in [0.717, 1.165) is 56.0 Å². The maximum Gasteiger partial charge on any atom is 0.239 e. The lowest BCUT2D eigenvalue weighted by atomic mass is 10.0. The lowest BCUT2D eigenvalue weighted by Gasteiger charge is -2.36. The van der Waals surface area contributed by atoms with Crippen molar-refractivity contribution in [3.8, 4) is 0 Å². The number of fused-ring (bicyclic) bond motifs is 1. The fourth-order valence-corrected chi connectivity index (χ4v) is 4.82. The van der Waals surface area contributed by atoms with Gasteiger partial charge in [-0.05, 0) is 45.7 Å². The molecule has 7 heteroatoms. The van der Waals surface area contributed by atoms with Gasteiger partial charge in [-0.3, -0.25) is 14.5 Å². The monoisotopic (exact) mass is 385 g/mol.